The molecule has 43 heavy (non-hydrogen) atoms. The molecule has 0 spiro atoms. The number of carbonyl (C=O) groups excluding carboxylic acids is 1. The predicted molar refractivity (Wildman–Crippen MR) is 163 cm³/mol. The Morgan fingerprint density at radius 3 is 1.86 bits per heavy atom. The average Bonchev–Trinajstić information content (AvgIpc) is 2.96. The van der Waals surface area contributed by atoms with Crippen LogP contribution < -0.4 is 4.90 Å². The molecule has 1 aliphatic rings. The second-order valence-corrected chi connectivity index (χ2v) is 15.4. The van der Waals surface area contributed by atoms with Gasteiger partial charge in [-0.2, -0.15) is 4.31 Å². The zero-order chi connectivity index (χ0) is 31.5. The Bertz CT molecular complexity index is 1700. The van der Waals surface area contributed by atoms with Gasteiger partial charge in [0.1, 0.15) is 11.3 Å². The molecule has 0 radical (unpaired) electrons. The molecule has 2 N–H and O–H groups in total. The number of anilines is 1. The lowest BCUT2D eigenvalue weighted by Gasteiger charge is -2.33. The van der Waals surface area contributed by atoms with Gasteiger partial charge < -0.3 is 15.1 Å². The highest BCUT2D eigenvalue weighted by atomic mass is 32.2. The lowest BCUT2D eigenvalue weighted by atomic mass is 9.88. The SMILES string of the molecule is Cc1ccc(S(=O)(=O)C2CCC(CN(C(=O)CN(C)S(=O)(=O)c3ccc(C)cc3)c3ccc(C(=O)O)c(O)c3)CC2)cc1. The molecule has 12 heteroatoms. The van der Waals surface area contributed by atoms with Crippen LogP contribution in [-0.2, 0) is 24.7 Å². The maximum absolute atomic E-state index is 13.7. The van der Waals surface area contributed by atoms with E-state index in [1.807, 2.05) is 13.8 Å². The minimum absolute atomic E-state index is 0.0384. The molecule has 0 heterocycles. The fourth-order valence-corrected chi connectivity index (χ4v) is 8.19. The van der Waals surface area contributed by atoms with Crippen molar-refractivity contribution in [3.8, 4) is 5.75 Å². The van der Waals surface area contributed by atoms with Crippen LogP contribution in [0.4, 0.5) is 5.69 Å². The Hall–Kier alpha value is -3.74. The van der Waals surface area contributed by atoms with E-state index in [0.29, 0.717) is 25.7 Å². The van der Waals surface area contributed by atoms with E-state index in [9.17, 15) is 36.6 Å². The first-order valence-electron chi connectivity index (χ1n) is 13.9. The van der Waals surface area contributed by atoms with Crippen molar-refractivity contribution in [1.82, 2.24) is 4.31 Å². The van der Waals surface area contributed by atoms with Crippen molar-refractivity contribution in [3.05, 3.63) is 83.4 Å². The molecule has 1 aliphatic carbocycles. The molecule has 0 aromatic heterocycles. The topological polar surface area (TPSA) is 149 Å². The lowest BCUT2D eigenvalue weighted by Crippen LogP contribution is -2.44. The van der Waals surface area contributed by atoms with Gasteiger partial charge in [-0.1, -0.05) is 35.4 Å². The molecule has 3 aromatic rings. The zero-order valence-corrected chi connectivity index (χ0v) is 25.9. The quantitative estimate of drug-likeness (QED) is 0.336. The molecule has 1 saturated carbocycles. The number of carbonyl (C=O) groups is 2. The van der Waals surface area contributed by atoms with Gasteiger partial charge in [-0.05, 0) is 81.8 Å². The first kappa shape index (κ1) is 32.2. The maximum Gasteiger partial charge on any atom is 0.339 e. The second kappa shape index (κ2) is 12.9. The van der Waals surface area contributed by atoms with E-state index >= 15 is 0 Å². The number of rotatable bonds is 10. The number of hydrogen-bond donors (Lipinski definition) is 2. The minimum atomic E-state index is -3.99. The molecule has 0 atom stereocenters. The molecule has 10 nitrogen and oxygen atoms in total. The predicted octanol–water partition coefficient (Wildman–Crippen LogP) is 4.39. The number of hydrogen-bond acceptors (Lipinski definition) is 7. The van der Waals surface area contributed by atoms with Gasteiger partial charge in [-0.25, -0.2) is 21.6 Å². The number of carboxylic acid groups (broad SMARTS) is 1. The number of aryl methyl sites for hydroxylation is 2. The fraction of sp³-hybridized carbons (Fsp3) is 0.355. The number of amides is 1. The number of sulfonamides is 1. The molecule has 0 unspecified atom stereocenters. The highest BCUT2D eigenvalue weighted by Crippen LogP contribution is 2.34. The molecular formula is C31H36N2O8S2. The van der Waals surface area contributed by atoms with Gasteiger partial charge in [-0.15, -0.1) is 0 Å². The van der Waals surface area contributed by atoms with Crippen LogP contribution in [0.3, 0.4) is 0 Å². The molecule has 0 aliphatic heterocycles. The van der Waals surface area contributed by atoms with Crippen molar-refractivity contribution in [2.75, 3.05) is 25.0 Å². The van der Waals surface area contributed by atoms with E-state index in [0.717, 1.165) is 15.4 Å². The number of aromatic hydroxyl groups is 1. The van der Waals surface area contributed by atoms with Crippen molar-refractivity contribution in [2.24, 2.45) is 5.92 Å². The molecule has 0 saturated heterocycles. The molecule has 3 aromatic carbocycles. The Morgan fingerprint density at radius 1 is 0.814 bits per heavy atom. The van der Waals surface area contributed by atoms with E-state index in [4.69, 9.17) is 0 Å². The number of nitrogens with zero attached hydrogens (tertiary/aromatic N) is 2. The van der Waals surface area contributed by atoms with Crippen molar-refractivity contribution >= 4 is 37.4 Å². The fourth-order valence-electron chi connectivity index (χ4n) is 5.27. The van der Waals surface area contributed by atoms with E-state index < -0.39 is 49.3 Å². The van der Waals surface area contributed by atoms with Gasteiger partial charge in [-0.3, -0.25) is 4.79 Å². The largest absolute Gasteiger partial charge is 0.507 e. The molecule has 1 amide bonds. The highest BCUT2D eigenvalue weighted by molar-refractivity contribution is 7.92. The number of phenols is 1. The van der Waals surface area contributed by atoms with Crippen LogP contribution >= 0.6 is 0 Å². The summed E-state index contributed by atoms with van der Waals surface area (Å²) >= 11 is 0. The first-order chi connectivity index (χ1) is 20.2. The summed E-state index contributed by atoms with van der Waals surface area (Å²) in [6.07, 6.45) is 1.81. The molecule has 1 fully saturated rings. The standard InChI is InChI=1S/C31H36N2O8S2/c1-21-4-11-25(12-5-21)42(38,39)26-15-8-23(9-16-26)19-33(24-10-17-28(31(36)37)29(34)18-24)30(35)20-32(3)43(40,41)27-13-6-22(2)7-14-27/h4-7,10-14,17-18,23,26,34H,8-9,15-16,19-20H2,1-3H3,(H,36,37). The van der Waals surface area contributed by atoms with Gasteiger partial charge in [0.2, 0.25) is 15.9 Å². The normalized spacial score (nSPS) is 17.5. The number of aromatic carboxylic acids is 1. The van der Waals surface area contributed by atoms with Crippen LogP contribution in [0.15, 0.2) is 76.5 Å². The average molecular weight is 629 g/mol. The van der Waals surface area contributed by atoms with Crippen LogP contribution in [-0.4, -0.2) is 68.6 Å². The van der Waals surface area contributed by atoms with E-state index in [1.54, 1.807) is 36.4 Å². The van der Waals surface area contributed by atoms with Gasteiger partial charge in [0, 0.05) is 25.3 Å². The van der Waals surface area contributed by atoms with Crippen LogP contribution in [0.5, 0.6) is 5.75 Å². The monoisotopic (exact) mass is 628 g/mol. The molecule has 4 rings (SSSR count). The summed E-state index contributed by atoms with van der Waals surface area (Å²) in [5, 5.41) is 19.1. The summed E-state index contributed by atoms with van der Waals surface area (Å²) in [6, 6.07) is 16.8. The molecule has 0 bridgehead atoms. The number of sulfone groups is 1. The van der Waals surface area contributed by atoms with Crippen LogP contribution in [0.1, 0.15) is 47.2 Å². The van der Waals surface area contributed by atoms with E-state index in [1.165, 1.54) is 42.3 Å². The van der Waals surface area contributed by atoms with E-state index in [2.05, 4.69) is 0 Å². The summed E-state index contributed by atoms with van der Waals surface area (Å²) in [6.45, 7) is 3.35. The van der Waals surface area contributed by atoms with Gasteiger partial charge >= 0.3 is 5.97 Å². The second-order valence-electron chi connectivity index (χ2n) is 11.1. The van der Waals surface area contributed by atoms with Crippen molar-refractivity contribution in [2.45, 2.75) is 54.6 Å². The number of benzene rings is 3. The van der Waals surface area contributed by atoms with Gasteiger partial charge in [0.05, 0.1) is 21.6 Å². The summed E-state index contributed by atoms with van der Waals surface area (Å²) in [5.41, 5.74) is 1.72. The maximum atomic E-state index is 13.7. The smallest absolute Gasteiger partial charge is 0.339 e. The van der Waals surface area contributed by atoms with Gasteiger partial charge in [0.25, 0.3) is 0 Å². The Kier molecular flexibility index (Phi) is 9.63. The summed E-state index contributed by atoms with van der Waals surface area (Å²) < 4.78 is 53.7. The summed E-state index contributed by atoms with van der Waals surface area (Å²) in [7, 11) is -6.21. The van der Waals surface area contributed by atoms with Crippen molar-refractivity contribution in [1.29, 1.82) is 0 Å². The van der Waals surface area contributed by atoms with Crippen LogP contribution in [0, 0.1) is 19.8 Å². The van der Waals surface area contributed by atoms with Crippen LogP contribution in [0.2, 0.25) is 0 Å². The zero-order valence-electron chi connectivity index (χ0n) is 24.3. The molecule has 230 valence electrons. The third-order valence-corrected chi connectivity index (χ3v) is 12.0. The van der Waals surface area contributed by atoms with Crippen molar-refractivity contribution in [3.63, 3.8) is 0 Å². The van der Waals surface area contributed by atoms with Crippen molar-refractivity contribution < 1.29 is 36.6 Å². The minimum Gasteiger partial charge on any atom is -0.507 e. The van der Waals surface area contributed by atoms with Crippen LogP contribution in [0.25, 0.3) is 0 Å². The van der Waals surface area contributed by atoms with Gasteiger partial charge in [0.15, 0.2) is 9.84 Å². The Labute approximate surface area is 252 Å². The highest BCUT2D eigenvalue weighted by Gasteiger charge is 2.34. The molecular weight excluding hydrogens is 592 g/mol. The summed E-state index contributed by atoms with van der Waals surface area (Å²) in [5.74, 6) is -2.54. The Morgan fingerprint density at radius 2 is 1.35 bits per heavy atom. The number of likely N-dealkylation sites (N-methyl/N-ethyl adjacent to an activating group) is 1. The first-order valence-corrected chi connectivity index (χ1v) is 16.9. The summed E-state index contributed by atoms with van der Waals surface area (Å²) in [4.78, 5) is 26.7. The third-order valence-electron chi connectivity index (χ3n) is 7.93. The number of carboxylic acids is 1. The third kappa shape index (κ3) is 7.26. The Balaban J connectivity index is 1.54. The lowest BCUT2D eigenvalue weighted by molar-refractivity contribution is -0.118. The van der Waals surface area contributed by atoms with E-state index in [-0.39, 0.29) is 33.5 Å².